The molecule has 21 heavy (non-hydrogen) atoms. The number of nitrogens with zero attached hydrogens (tertiary/aromatic N) is 2. The fraction of sp³-hybridized carbons (Fsp3) is 0.400. The second-order valence-corrected chi connectivity index (χ2v) is 6.21. The van der Waals surface area contributed by atoms with E-state index in [1.54, 1.807) is 18.3 Å². The van der Waals surface area contributed by atoms with Crippen molar-refractivity contribution in [2.45, 2.75) is 26.3 Å². The van der Waals surface area contributed by atoms with Gasteiger partial charge in [-0.25, -0.2) is 4.98 Å². The molecule has 0 aliphatic heterocycles. The Morgan fingerprint density at radius 3 is 2.95 bits per heavy atom. The topological polar surface area (TPSA) is 68.1 Å². The van der Waals surface area contributed by atoms with Gasteiger partial charge >= 0.3 is 0 Å². The van der Waals surface area contributed by atoms with Gasteiger partial charge in [0, 0.05) is 29.4 Å². The summed E-state index contributed by atoms with van der Waals surface area (Å²) in [5, 5.41) is 15.3. The molecule has 1 aromatic carbocycles. The summed E-state index contributed by atoms with van der Waals surface area (Å²) in [6, 6.07) is 7.27. The number of aromatic nitrogens is 1. The quantitative estimate of drug-likeness (QED) is 0.474. The highest BCUT2D eigenvalue weighted by Gasteiger charge is 2.15. The van der Waals surface area contributed by atoms with E-state index in [0.717, 1.165) is 29.0 Å². The van der Waals surface area contributed by atoms with Crippen LogP contribution in [0.1, 0.15) is 20.3 Å². The minimum Gasteiger partial charge on any atom is -0.382 e. The number of rotatable bonds is 7. The Balaban J connectivity index is 2.25. The maximum absolute atomic E-state index is 11.1. The third-order valence-electron chi connectivity index (χ3n) is 3.25. The first-order valence-corrected chi connectivity index (χ1v) is 8.15. The number of fused-ring (bicyclic) bond motifs is 1. The van der Waals surface area contributed by atoms with Crippen molar-refractivity contribution < 1.29 is 4.92 Å². The molecule has 1 N–H and O–H groups in total. The molecule has 0 fully saturated rings. The third-order valence-corrected chi connectivity index (χ3v) is 4.18. The van der Waals surface area contributed by atoms with E-state index in [9.17, 15) is 10.1 Å². The fourth-order valence-electron chi connectivity index (χ4n) is 2.17. The Kier molecular flexibility index (Phi) is 5.38. The first-order chi connectivity index (χ1) is 10.1. The van der Waals surface area contributed by atoms with E-state index in [2.05, 4.69) is 24.1 Å². The standard InChI is InChI=1S/C15H19N3O2S/c1-3-21-10-8-11(2)17-13-6-7-14(18(19)20)15-12(13)5-4-9-16-15/h4-7,9,11,17H,3,8,10H2,1-2H3. The molecule has 0 bridgehead atoms. The van der Waals surface area contributed by atoms with E-state index in [-0.39, 0.29) is 10.6 Å². The zero-order valence-electron chi connectivity index (χ0n) is 12.2. The smallest absolute Gasteiger partial charge is 0.295 e. The van der Waals surface area contributed by atoms with Gasteiger partial charge in [0.05, 0.1) is 4.92 Å². The van der Waals surface area contributed by atoms with E-state index >= 15 is 0 Å². The molecule has 6 heteroatoms. The maximum atomic E-state index is 11.1. The molecule has 2 aromatic rings. The number of anilines is 1. The van der Waals surface area contributed by atoms with Crippen LogP contribution in [0.3, 0.4) is 0 Å². The number of non-ortho nitro benzene ring substituents is 1. The zero-order valence-corrected chi connectivity index (χ0v) is 13.0. The Hall–Kier alpha value is -1.82. The predicted octanol–water partition coefficient (Wildman–Crippen LogP) is 4.09. The lowest BCUT2D eigenvalue weighted by atomic mass is 10.1. The van der Waals surface area contributed by atoms with Crippen molar-refractivity contribution in [3.8, 4) is 0 Å². The van der Waals surface area contributed by atoms with Crippen molar-refractivity contribution in [3.05, 3.63) is 40.6 Å². The summed E-state index contributed by atoms with van der Waals surface area (Å²) < 4.78 is 0. The minimum absolute atomic E-state index is 0.0466. The van der Waals surface area contributed by atoms with Gasteiger partial charge in [0.15, 0.2) is 0 Å². The highest BCUT2D eigenvalue weighted by atomic mass is 32.2. The predicted molar refractivity (Wildman–Crippen MR) is 89.1 cm³/mol. The van der Waals surface area contributed by atoms with Crippen LogP contribution in [-0.2, 0) is 0 Å². The van der Waals surface area contributed by atoms with Gasteiger partial charge in [-0.2, -0.15) is 11.8 Å². The van der Waals surface area contributed by atoms with E-state index < -0.39 is 0 Å². The van der Waals surface area contributed by atoms with Gasteiger partial charge in [-0.05, 0) is 43.0 Å². The molecule has 0 saturated carbocycles. The van der Waals surface area contributed by atoms with Crippen molar-refractivity contribution in [1.29, 1.82) is 0 Å². The monoisotopic (exact) mass is 305 g/mol. The zero-order chi connectivity index (χ0) is 15.2. The molecule has 112 valence electrons. The second-order valence-electron chi connectivity index (χ2n) is 4.82. The lowest BCUT2D eigenvalue weighted by Crippen LogP contribution is -2.16. The largest absolute Gasteiger partial charge is 0.382 e. The Labute approximate surface area is 128 Å². The molecule has 5 nitrogen and oxygen atoms in total. The number of pyridine rings is 1. The molecule has 0 amide bonds. The van der Waals surface area contributed by atoms with Gasteiger partial charge in [0.25, 0.3) is 5.69 Å². The average molecular weight is 305 g/mol. The van der Waals surface area contributed by atoms with Gasteiger partial charge in [-0.1, -0.05) is 6.92 Å². The summed E-state index contributed by atoms with van der Waals surface area (Å²) in [7, 11) is 0. The molecule has 2 rings (SSSR count). The van der Waals surface area contributed by atoms with Crippen LogP contribution in [0.25, 0.3) is 10.9 Å². The molecule has 0 saturated heterocycles. The van der Waals surface area contributed by atoms with Crippen LogP contribution in [0.5, 0.6) is 0 Å². The highest BCUT2D eigenvalue weighted by Crippen LogP contribution is 2.30. The molecular weight excluding hydrogens is 286 g/mol. The number of hydrogen-bond acceptors (Lipinski definition) is 5. The SMILES string of the molecule is CCSCCC(C)Nc1ccc([N+](=O)[O-])c2ncccc12. The van der Waals surface area contributed by atoms with E-state index in [1.807, 2.05) is 17.8 Å². The number of benzene rings is 1. The maximum Gasteiger partial charge on any atom is 0.295 e. The van der Waals surface area contributed by atoms with Crippen molar-refractivity contribution in [3.63, 3.8) is 0 Å². The summed E-state index contributed by atoms with van der Waals surface area (Å²) in [6.07, 6.45) is 2.64. The van der Waals surface area contributed by atoms with Crippen molar-refractivity contribution in [1.82, 2.24) is 4.98 Å². The first-order valence-electron chi connectivity index (χ1n) is 7.00. The molecular formula is C15H19N3O2S. The molecule has 1 atom stereocenters. The van der Waals surface area contributed by atoms with Gasteiger partial charge in [-0.3, -0.25) is 10.1 Å². The highest BCUT2D eigenvalue weighted by molar-refractivity contribution is 7.99. The van der Waals surface area contributed by atoms with Crippen LogP contribution in [0.2, 0.25) is 0 Å². The van der Waals surface area contributed by atoms with Gasteiger partial charge in [0.2, 0.25) is 0 Å². The second kappa shape index (κ2) is 7.26. The number of nitro benzene ring substituents is 1. The lowest BCUT2D eigenvalue weighted by Gasteiger charge is -2.16. The van der Waals surface area contributed by atoms with E-state index in [4.69, 9.17) is 0 Å². The lowest BCUT2D eigenvalue weighted by molar-refractivity contribution is -0.383. The van der Waals surface area contributed by atoms with E-state index in [1.165, 1.54) is 6.07 Å². The van der Waals surface area contributed by atoms with Gasteiger partial charge in [-0.15, -0.1) is 0 Å². The molecule has 0 aliphatic rings. The van der Waals surface area contributed by atoms with Crippen LogP contribution in [0.15, 0.2) is 30.5 Å². The summed E-state index contributed by atoms with van der Waals surface area (Å²) in [6.45, 7) is 4.28. The average Bonchev–Trinajstić information content (AvgIpc) is 2.47. The van der Waals surface area contributed by atoms with Crippen LogP contribution in [0.4, 0.5) is 11.4 Å². The summed E-state index contributed by atoms with van der Waals surface area (Å²) >= 11 is 1.92. The first kappa shape index (κ1) is 15.6. The number of nitrogens with one attached hydrogen (secondary N) is 1. The number of nitro groups is 1. The van der Waals surface area contributed by atoms with Crippen LogP contribution in [-0.4, -0.2) is 27.5 Å². The summed E-state index contributed by atoms with van der Waals surface area (Å²) in [5.41, 5.74) is 1.38. The fourth-order valence-corrected chi connectivity index (χ4v) is 2.98. The molecule has 0 spiro atoms. The summed E-state index contributed by atoms with van der Waals surface area (Å²) in [5.74, 6) is 2.23. The normalized spacial score (nSPS) is 12.3. The van der Waals surface area contributed by atoms with Gasteiger partial charge < -0.3 is 5.32 Å². The summed E-state index contributed by atoms with van der Waals surface area (Å²) in [4.78, 5) is 14.8. The Morgan fingerprint density at radius 2 is 2.24 bits per heavy atom. The van der Waals surface area contributed by atoms with Gasteiger partial charge in [0.1, 0.15) is 5.52 Å². The Bertz CT molecular complexity index is 633. The van der Waals surface area contributed by atoms with Crippen LogP contribution >= 0.6 is 11.8 Å². The molecule has 1 heterocycles. The van der Waals surface area contributed by atoms with Crippen LogP contribution in [0, 0.1) is 10.1 Å². The van der Waals surface area contributed by atoms with E-state index in [0.29, 0.717) is 11.6 Å². The van der Waals surface area contributed by atoms with Crippen LogP contribution < -0.4 is 5.32 Å². The molecule has 1 aromatic heterocycles. The molecule has 1 unspecified atom stereocenters. The van der Waals surface area contributed by atoms with Crippen molar-refractivity contribution in [2.75, 3.05) is 16.8 Å². The number of hydrogen-bond donors (Lipinski definition) is 1. The molecule has 0 radical (unpaired) electrons. The molecule has 0 aliphatic carbocycles. The minimum atomic E-state index is -0.388. The van der Waals surface area contributed by atoms with Crippen molar-refractivity contribution in [2.24, 2.45) is 0 Å². The Morgan fingerprint density at radius 1 is 1.43 bits per heavy atom. The van der Waals surface area contributed by atoms with Crippen molar-refractivity contribution >= 4 is 34.0 Å². The third kappa shape index (κ3) is 3.85. The number of thioether (sulfide) groups is 1.